The number of benzene rings is 1. The van der Waals surface area contributed by atoms with Crippen LogP contribution < -0.4 is 4.72 Å². The average molecular weight is 344 g/mol. The van der Waals surface area contributed by atoms with Crippen LogP contribution in [0, 0.1) is 13.8 Å². The molecule has 3 rings (SSSR count). The van der Waals surface area contributed by atoms with Crippen molar-refractivity contribution < 1.29 is 8.42 Å². The number of nitrogens with zero attached hydrogens (tertiary/aromatic N) is 3. The van der Waals surface area contributed by atoms with Crippen LogP contribution in [-0.2, 0) is 10.0 Å². The van der Waals surface area contributed by atoms with Crippen molar-refractivity contribution in [3.63, 3.8) is 0 Å². The number of aryl methyl sites for hydroxylation is 2. The van der Waals surface area contributed by atoms with Gasteiger partial charge in [0.25, 0.3) is 10.0 Å². The van der Waals surface area contributed by atoms with Gasteiger partial charge in [-0.3, -0.25) is 9.82 Å². The molecule has 0 aliphatic carbocycles. The van der Waals surface area contributed by atoms with Gasteiger partial charge in [0.05, 0.1) is 33.8 Å². The van der Waals surface area contributed by atoms with Crippen LogP contribution in [0.3, 0.4) is 0 Å². The number of rotatable bonds is 3. The van der Waals surface area contributed by atoms with Gasteiger partial charge in [-0.1, -0.05) is 11.6 Å². The summed E-state index contributed by atoms with van der Waals surface area (Å²) in [5.41, 5.74) is 2.08. The van der Waals surface area contributed by atoms with E-state index in [9.17, 15) is 8.42 Å². The number of halogens is 1. The van der Waals surface area contributed by atoms with Crippen LogP contribution in [0.5, 0.6) is 0 Å². The van der Waals surface area contributed by atoms with Crippen LogP contribution in [0.25, 0.3) is 11.0 Å². The molecule has 7 nitrogen and oxygen atoms in total. The van der Waals surface area contributed by atoms with E-state index in [2.05, 4.69) is 23.7 Å². The third-order valence-electron chi connectivity index (χ3n) is 2.94. The second-order valence-electron chi connectivity index (χ2n) is 4.42. The predicted octanol–water partition coefficient (Wildman–Crippen LogP) is 2.49. The number of nitrogens with one attached hydrogen (secondary N) is 2. The molecule has 2 heterocycles. The Bertz CT molecular complexity index is 912. The summed E-state index contributed by atoms with van der Waals surface area (Å²) in [5, 5.41) is 6.80. The Morgan fingerprint density at radius 2 is 2.05 bits per heavy atom. The highest BCUT2D eigenvalue weighted by atomic mass is 35.5. The number of fused-ring (bicyclic) bond motifs is 1. The Morgan fingerprint density at radius 1 is 1.29 bits per heavy atom. The summed E-state index contributed by atoms with van der Waals surface area (Å²) in [6.45, 7) is 3.26. The molecule has 0 saturated heterocycles. The first-order valence-electron chi connectivity index (χ1n) is 5.85. The summed E-state index contributed by atoms with van der Waals surface area (Å²) >= 11 is 7.09. The highest BCUT2D eigenvalue weighted by Gasteiger charge is 2.24. The Balaban J connectivity index is 2.14. The number of H-pyrrole nitrogens is 1. The minimum Gasteiger partial charge on any atom is -0.281 e. The molecule has 0 fully saturated rings. The van der Waals surface area contributed by atoms with Gasteiger partial charge < -0.3 is 0 Å². The first kappa shape index (κ1) is 14.2. The summed E-state index contributed by atoms with van der Waals surface area (Å²) in [5.74, 6) is 0. The molecule has 1 aromatic carbocycles. The SMILES string of the molecule is Cc1n[nH]c(C)c1S(=O)(=O)Nc1c(Cl)ccc2nsnc12. The molecule has 0 unspecified atom stereocenters. The Hall–Kier alpha value is -1.71. The van der Waals surface area contributed by atoms with Crippen molar-refractivity contribution in [2.45, 2.75) is 18.7 Å². The lowest BCUT2D eigenvalue weighted by Gasteiger charge is -2.10. The van der Waals surface area contributed by atoms with Crippen LogP contribution >= 0.6 is 23.3 Å². The van der Waals surface area contributed by atoms with Crippen LogP contribution in [0.2, 0.25) is 5.02 Å². The summed E-state index contributed by atoms with van der Waals surface area (Å²) in [6, 6.07) is 3.27. The van der Waals surface area contributed by atoms with Crippen molar-refractivity contribution in [3.8, 4) is 0 Å². The molecule has 0 amide bonds. The van der Waals surface area contributed by atoms with Crippen LogP contribution in [-0.4, -0.2) is 27.4 Å². The van der Waals surface area contributed by atoms with Gasteiger partial charge in [0.15, 0.2) is 0 Å². The standard InChI is InChI=1S/C11H10ClN5O2S2/c1-5-11(6(2)14-13-5)21(18,19)17-9-7(12)3-4-8-10(9)16-20-15-8/h3-4,17H,1-2H3,(H,13,14). The largest absolute Gasteiger partial charge is 0.281 e. The fourth-order valence-electron chi connectivity index (χ4n) is 2.05. The van der Waals surface area contributed by atoms with Crippen LogP contribution in [0.4, 0.5) is 5.69 Å². The smallest absolute Gasteiger partial charge is 0.265 e. The zero-order chi connectivity index (χ0) is 15.2. The summed E-state index contributed by atoms with van der Waals surface area (Å²) < 4.78 is 35.7. The summed E-state index contributed by atoms with van der Waals surface area (Å²) in [6.07, 6.45) is 0. The minimum atomic E-state index is -3.81. The Labute approximate surface area is 129 Å². The fraction of sp³-hybridized carbons (Fsp3) is 0.182. The van der Waals surface area contributed by atoms with Crippen molar-refractivity contribution in [2.75, 3.05) is 4.72 Å². The first-order valence-corrected chi connectivity index (χ1v) is 8.44. The average Bonchev–Trinajstić information content (AvgIpc) is 3.00. The van der Waals surface area contributed by atoms with E-state index in [1.165, 1.54) is 0 Å². The number of anilines is 1. The molecule has 110 valence electrons. The first-order chi connectivity index (χ1) is 9.90. The second kappa shape index (κ2) is 4.93. The predicted molar refractivity (Wildman–Crippen MR) is 81.3 cm³/mol. The van der Waals surface area contributed by atoms with Gasteiger partial charge >= 0.3 is 0 Å². The molecule has 0 spiro atoms. The number of hydrogen-bond donors (Lipinski definition) is 2. The highest BCUT2D eigenvalue weighted by Crippen LogP contribution is 2.32. The van der Waals surface area contributed by atoms with E-state index in [1.54, 1.807) is 26.0 Å². The molecule has 10 heteroatoms. The van der Waals surface area contributed by atoms with Gasteiger partial charge in [-0.25, -0.2) is 8.42 Å². The molecule has 2 N–H and O–H groups in total. The van der Waals surface area contributed by atoms with E-state index in [4.69, 9.17) is 11.6 Å². The third-order valence-corrected chi connectivity index (χ3v) is 5.41. The zero-order valence-corrected chi connectivity index (χ0v) is 13.4. The third kappa shape index (κ3) is 2.37. The number of aromatic nitrogens is 4. The molecule has 0 radical (unpaired) electrons. The maximum Gasteiger partial charge on any atom is 0.265 e. The van der Waals surface area contributed by atoms with Crippen molar-refractivity contribution in [3.05, 3.63) is 28.5 Å². The van der Waals surface area contributed by atoms with E-state index in [1.807, 2.05) is 0 Å². The van der Waals surface area contributed by atoms with E-state index >= 15 is 0 Å². The molecule has 21 heavy (non-hydrogen) atoms. The molecule has 0 saturated carbocycles. The molecular weight excluding hydrogens is 334 g/mol. The van der Waals surface area contributed by atoms with Gasteiger partial charge in [0.2, 0.25) is 0 Å². The normalized spacial score (nSPS) is 12.0. The van der Waals surface area contributed by atoms with Gasteiger partial charge in [0.1, 0.15) is 15.9 Å². The minimum absolute atomic E-state index is 0.110. The topological polar surface area (TPSA) is 101 Å². The molecule has 0 bridgehead atoms. The summed E-state index contributed by atoms with van der Waals surface area (Å²) in [4.78, 5) is 0.110. The van der Waals surface area contributed by atoms with Crippen molar-refractivity contribution in [2.24, 2.45) is 0 Å². The molecule has 0 atom stereocenters. The van der Waals surface area contributed by atoms with Crippen molar-refractivity contribution in [1.29, 1.82) is 0 Å². The molecule has 3 aromatic rings. The number of hydrogen-bond acceptors (Lipinski definition) is 6. The molecule has 2 aromatic heterocycles. The van der Waals surface area contributed by atoms with Gasteiger partial charge in [-0.15, -0.1) is 0 Å². The second-order valence-corrected chi connectivity index (χ2v) is 6.98. The van der Waals surface area contributed by atoms with Crippen LogP contribution in [0.15, 0.2) is 17.0 Å². The number of sulfonamides is 1. The lowest BCUT2D eigenvalue weighted by Crippen LogP contribution is -2.15. The van der Waals surface area contributed by atoms with Gasteiger partial charge in [-0.2, -0.15) is 13.8 Å². The lowest BCUT2D eigenvalue weighted by atomic mass is 10.3. The maximum atomic E-state index is 12.5. The highest BCUT2D eigenvalue weighted by molar-refractivity contribution is 7.92. The van der Waals surface area contributed by atoms with Crippen molar-refractivity contribution in [1.82, 2.24) is 18.9 Å². The van der Waals surface area contributed by atoms with Gasteiger partial charge in [0, 0.05) is 0 Å². The van der Waals surface area contributed by atoms with E-state index in [-0.39, 0.29) is 15.6 Å². The lowest BCUT2D eigenvalue weighted by molar-refractivity contribution is 0.600. The number of aromatic amines is 1. The summed E-state index contributed by atoms with van der Waals surface area (Å²) in [7, 11) is -3.81. The molecular formula is C11H10ClN5O2S2. The van der Waals surface area contributed by atoms with Gasteiger partial charge in [-0.05, 0) is 26.0 Å². The fourth-order valence-corrected chi connectivity index (χ4v) is 4.30. The molecule has 0 aliphatic heterocycles. The van der Waals surface area contributed by atoms with E-state index in [0.717, 1.165) is 11.7 Å². The zero-order valence-electron chi connectivity index (χ0n) is 11.0. The van der Waals surface area contributed by atoms with E-state index in [0.29, 0.717) is 22.4 Å². The van der Waals surface area contributed by atoms with E-state index < -0.39 is 10.0 Å². The van der Waals surface area contributed by atoms with Crippen LogP contribution in [0.1, 0.15) is 11.4 Å². The maximum absolute atomic E-state index is 12.5. The molecule has 0 aliphatic rings. The Kier molecular flexibility index (Phi) is 3.34. The van der Waals surface area contributed by atoms with Crippen molar-refractivity contribution >= 4 is 50.1 Å². The monoisotopic (exact) mass is 343 g/mol. The Morgan fingerprint density at radius 3 is 2.71 bits per heavy atom. The quantitative estimate of drug-likeness (QED) is 0.760.